The summed E-state index contributed by atoms with van der Waals surface area (Å²) in [6, 6.07) is 4.96. The van der Waals surface area contributed by atoms with Gasteiger partial charge >= 0.3 is 5.63 Å². The van der Waals surface area contributed by atoms with Crippen LogP contribution in [0, 0.1) is 6.92 Å². The molecular weight excluding hydrogens is 326 g/mol. The highest BCUT2D eigenvalue weighted by molar-refractivity contribution is 5.88. The number of rotatable bonds is 8. The van der Waals surface area contributed by atoms with Gasteiger partial charge in [-0.1, -0.05) is 13.3 Å². The number of hydrogen-bond acceptors (Lipinski definition) is 6. The van der Waals surface area contributed by atoms with E-state index in [0.717, 1.165) is 17.5 Å². The van der Waals surface area contributed by atoms with Gasteiger partial charge in [-0.25, -0.2) is 4.79 Å². The molecule has 0 aliphatic rings. The molecule has 2 aromatic rings. The van der Waals surface area contributed by atoms with Crippen molar-refractivity contribution in [1.29, 1.82) is 0 Å². The largest absolute Gasteiger partial charge is 0.550 e. The molecule has 1 aromatic carbocycles. The van der Waals surface area contributed by atoms with Crippen LogP contribution in [0.25, 0.3) is 11.0 Å². The Morgan fingerprint density at radius 3 is 2.72 bits per heavy atom. The minimum absolute atomic E-state index is 0.0188. The molecule has 7 heteroatoms. The van der Waals surface area contributed by atoms with E-state index in [1.54, 1.807) is 12.1 Å². The van der Waals surface area contributed by atoms with Crippen molar-refractivity contribution in [2.45, 2.75) is 33.1 Å². The quantitative estimate of drug-likeness (QED) is 0.705. The van der Waals surface area contributed by atoms with Crippen molar-refractivity contribution in [2.24, 2.45) is 0 Å². The van der Waals surface area contributed by atoms with E-state index in [0.29, 0.717) is 23.1 Å². The van der Waals surface area contributed by atoms with Gasteiger partial charge in [0.2, 0.25) is 0 Å². The summed E-state index contributed by atoms with van der Waals surface area (Å²) in [6.45, 7) is 3.55. The molecule has 0 aliphatic heterocycles. The number of fused-ring (bicyclic) bond motifs is 1. The minimum atomic E-state index is -1.23. The van der Waals surface area contributed by atoms with Gasteiger partial charge in [0, 0.05) is 25.0 Å². The van der Waals surface area contributed by atoms with Crippen LogP contribution < -0.4 is 20.8 Å². The molecule has 0 spiro atoms. The molecule has 1 N–H and O–H groups in total. The first-order valence-corrected chi connectivity index (χ1v) is 8.07. The molecule has 0 radical (unpaired) electrons. The molecule has 1 heterocycles. The molecule has 25 heavy (non-hydrogen) atoms. The molecule has 7 nitrogen and oxygen atoms in total. The third-order valence-electron chi connectivity index (χ3n) is 3.56. The minimum Gasteiger partial charge on any atom is -0.550 e. The van der Waals surface area contributed by atoms with Crippen LogP contribution in [0.5, 0.6) is 5.75 Å². The van der Waals surface area contributed by atoms with Gasteiger partial charge in [0.1, 0.15) is 11.3 Å². The number of carboxylic acids is 1. The monoisotopic (exact) mass is 346 g/mol. The summed E-state index contributed by atoms with van der Waals surface area (Å²) >= 11 is 0. The summed E-state index contributed by atoms with van der Waals surface area (Å²) in [4.78, 5) is 33.8. The zero-order chi connectivity index (χ0) is 18.4. The Balaban J connectivity index is 2.23. The molecule has 0 fully saturated rings. The normalized spacial score (nSPS) is 10.6. The number of carbonyl (C=O) groups is 2. The Hall–Kier alpha value is -2.83. The van der Waals surface area contributed by atoms with Crippen LogP contribution in [-0.2, 0) is 16.0 Å². The molecule has 0 aliphatic carbocycles. The van der Waals surface area contributed by atoms with Crippen LogP contribution in [-0.4, -0.2) is 25.0 Å². The molecule has 134 valence electrons. The standard InChI is InChI=1S/C18H21NO6/c1-3-4-12-9-17(23)25-14-8-11(2)7-13(18(12)14)24-10-15(20)19-6-5-16(21)22/h7-9H,3-6,10H2,1-2H3,(H,19,20)(H,21,22)/p-1. The second kappa shape index (κ2) is 8.32. The highest BCUT2D eigenvalue weighted by Gasteiger charge is 2.13. The second-order valence-corrected chi connectivity index (χ2v) is 5.74. The summed E-state index contributed by atoms with van der Waals surface area (Å²) < 4.78 is 10.9. The summed E-state index contributed by atoms with van der Waals surface area (Å²) in [7, 11) is 0. The lowest BCUT2D eigenvalue weighted by Gasteiger charge is -2.13. The molecule has 0 atom stereocenters. The average Bonchev–Trinajstić information content (AvgIpc) is 2.51. The Labute approximate surface area is 144 Å². The number of hydrogen-bond donors (Lipinski definition) is 1. The van der Waals surface area contributed by atoms with Gasteiger partial charge in [0.25, 0.3) is 5.91 Å². The van der Waals surface area contributed by atoms with Gasteiger partial charge in [0.05, 0.1) is 5.39 Å². The number of aliphatic carboxylic acids is 1. The second-order valence-electron chi connectivity index (χ2n) is 5.74. The fourth-order valence-corrected chi connectivity index (χ4v) is 2.55. The third kappa shape index (κ3) is 5.07. The molecular formula is C18H20NO6-. The number of aryl methyl sites for hydroxylation is 2. The van der Waals surface area contributed by atoms with Crippen LogP contribution >= 0.6 is 0 Å². The van der Waals surface area contributed by atoms with Gasteiger partial charge in [0.15, 0.2) is 6.61 Å². The van der Waals surface area contributed by atoms with E-state index in [1.165, 1.54) is 6.07 Å². The Morgan fingerprint density at radius 1 is 1.28 bits per heavy atom. The van der Waals surface area contributed by atoms with Gasteiger partial charge in [-0.3, -0.25) is 4.79 Å². The third-order valence-corrected chi connectivity index (χ3v) is 3.56. The van der Waals surface area contributed by atoms with E-state index >= 15 is 0 Å². The number of amides is 1. The number of ether oxygens (including phenoxy) is 1. The topological polar surface area (TPSA) is 109 Å². The highest BCUT2D eigenvalue weighted by atomic mass is 16.5. The maximum Gasteiger partial charge on any atom is 0.336 e. The van der Waals surface area contributed by atoms with Crippen molar-refractivity contribution in [3.8, 4) is 5.75 Å². The maximum absolute atomic E-state index is 11.8. The molecule has 0 unspecified atom stereocenters. The van der Waals surface area contributed by atoms with Crippen LogP contribution in [0.1, 0.15) is 30.9 Å². The van der Waals surface area contributed by atoms with E-state index in [-0.39, 0.29) is 19.6 Å². The number of nitrogens with one attached hydrogen (secondary N) is 1. The summed E-state index contributed by atoms with van der Waals surface area (Å²) in [6.07, 6.45) is 1.26. The summed E-state index contributed by atoms with van der Waals surface area (Å²) in [5, 5.41) is 13.5. The van der Waals surface area contributed by atoms with Crippen molar-refractivity contribution in [2.75, 3.05) is 13.2 Å². The van der Waals surface area contributed by atoms with Crippen molar-refractivity contribution in [3.05, 3.63) is 39.7 Å². The van der Waals surface area contributed by atoms with Crippen LogP contribution in [0.15, 0.2) is 27.4 Å². The summed E-state index contributed by atoms with van der Waals surface area (Å²) in [5.74, 6) is -1.22. The first-order valence-electron chi connectivity index (χ1n) is 8.07. The fraction of sp³-hybridized carbons (Fsp3) is 0.389. The zero-order valence-electron chi connectivity index (χ0n) is 14.2. The number of benzene rings is 1. The van der Waals surface area contributed by atoms with Gasteiger partial charge in [-0.05, 0) is 36.6 Å². The average molecular weight is 346 g/mol. The Kier molecular flexibility index (Phi) is 6.16. The first-order chi connectivity index (χ1) is 11.9. The predicted molar refractivity (Wildman–Crippen MR) is 89.3 cm³/mol. The maximum atomic E-state index is 11.8. The molecule has 1 amide bonds. The molecule has 0 bridgehead atoms. The van der Waals surface area contributed by atoms with E-state index in [2.05, 4.69) is 5.32 Å². The van der Waals surface area contributed by atoms with Crippen molar-refractivity contribution in [1.82, 2.24) is 5.32 Å². The predicted octanol–water partition coefficient (Wildman–Crippen LogP) is 0.689. The lowest BCUT2D eigenvalue weighted by molar-refractivity contribution is -0.305. The molecule has 0 saturated heterocycles. The number of carboxylic acid groups (broad SMARTS) is 1. The molecule has 0 saturated carbocycles. The highest BCUT2D eigenvalue weighted by Crippen LogP contribution is 2.30. The molecule has 2 rings (SSSR count). The van der Waals surface area contributed by atoms with E-state index in [4.69, 9.17) is 9.15 Å². The SMILES string of the molecule is CCCc1cc(=O)oc2cc(C)cc(OCC(=O)NCCC(=O)[O-])c12. The Bertz CT molecular complexity index is 839. The zero-order valence-corrected chi connectivity index (χ0v) is 14.2. The van der Waals surface area contributed by atoms with Crippen molar-refractivity contribution < 1.29 is 23.8 Å². The van der Waals surface area contributed by atoms with Gasteiger partial charge < -0.3 is 24.4 Å². The number of carbonyl (C=O) groups excluding carboxylic acids is 2. The van der Waals surface area contributed by atoms with E-state index in [9.17, 15) is 19.5 Å². The van der Waals surface area contributed by atoms with Crippen LogP contribution in [0.2, 0.25) is 0 Å². The Morgan fingerprint density at radius 2 is 2.04 bits per heavy atom. The fourth-order valence-electron chi connectivity index (χ4n) is 2.55. The van der Waals surface area contributed by atoms with Crippen LogP contribution in [0.3, 0.4) is 0 Å². The van der Waals surface area contributed by atoms with Crippen LogP contribution in [0.4, 0.5) is 0 Å². The summed E-state index contributed by atoms with van der Waals surface area (Å²) in [5.41, 5.74) is 1.63. The van der Waals surface area contributed by atoms with Gasteiger partial charge in [-0.2, -0.15) is 0 Å². The van der Waals surface area contributed by atoms with Crippen molar-refractivity contribution >= 4 is 22.8 Å². The van der Waals surface area contributed by atoms with Gasteiger partial charge in [-0.15, -0.1) is 0 Å². The van der Waals surface area contributed by atoms with E-state index < -0.39 is 17.5 Å². The molecule has 1 aromatic heterocycles. The smallest absolute Gasteiger partial charge is 0.336 e. The lowest BCUT2D eigenvalue weighted by atomic mass is 10.0. The van der Waals surface area contributed by atoms with Crippen molar-refractivity contribution in [3.63, 3.8) is 0 Å². The van der Waals surface area contributed by atoms with E-state index in [1.807, 2.05) is 13.8 Å². The first kappa shape index (κ1) is 18.5. The lowest BCUT2D eigenvalue weighted by Crippen LogP contribution is -2.33.